The molecule has 0 saturated heterocycles. The first kappa shape index (κ1) is 17.5. The summed E-state index contributed by atoms with van der Waals surface area (Å²) in [6, 6.07) is 8.30. The third kappa shape index (κ3) is 7.31. The fraction of sp³-hybridized carbons (Fsp3) is 0.667. The third-order valence-electron chi connectivity index (χ3n) is 3.83. The molecule has 2 unspecified atom stereocenters. The van der Waals surface area contributed by atoms with Crippen molar-refractivity contribution in [3.05, 3.63) is 34.9 Å². The average Bonchev–Trinajstić information content (AvgIpc) is 2.38. The Labute approximate surface area is 130 Å². The van der Waals surface area contributed by atoms with Gasteiger partial charge in [0.15, 0.2) is 0 Å². The maximum absolute atomic E-state index is 6.09. The minimum atomic E-state index is 0.696. The molecule has 1 N–H and O–H groups in total. The van der Waals surface area contributed by atoms with Gasteiger partial charge in [-0.05, 0) is 61.4 Å². The Morgan fingerprint density at radius 1 is 1.15 bits per heavy atom. The van der Waals surface area contributed by atoms with Crippen LogP contribution in [0.1, 0.15) is 46.1 Å². The smallest absolute Gasteiger partial charge is 0.0408 e. The summed E-state index contributed by atoms with van der Waals surface area (Å²) in [5.74, 6) is 2.20. The molecule has 2 atom stereocenters. The zero-order valence-electron chi connectivity index (χ0n) is 13.5. The highest BCUT2D eigenvalue weighted by Gasteiger charge is 2.13. The Bertz CT molecular complexity index is 375. The molecule has 0 aliphatic heterocycles. The van der Waals surface area contributed by atoms with Crippen LogP contribution in [0.2, 0.25) is 5.02 Å². The van der Waals surface area contributed by atoms with Gasteiger partial charge in [0.2, 0.25) is 0 Å². The van der Waals surface area contributed by atoms with E-state index in [1.54, 1.807) is 0 Å². The van der Waals surface area contributed by atoms with Gasteiger partial charge < -0.3 is 5.32 Å². The number of rotatable bonds is 9. The van der Waals surface area contributed by atoms with Gasteiger partial charge in [0.05, 0.1) is 0 Å². The minimum absolute atomic E-state index is 0.696. The van der Waals surface area contributed by atoms with Gasteiger partial charge in [-0.3, -0.25) is 0 Å². The number of benzene rings is 1. The zero-order valence-corrected chi connectivity index (χ0v) is 14.2. The van der Waals surface area contributed by atoms with Crippen molar-refractivity contribution in [3.8, 4) is 0 Å². The molecule has 0 aromatic heterocycles. The largest absolute Gasteiger partial charge is 0.316 e. The van der Waals surface area contributed by atoms with E-state index in [-0.39, 0.29) is 0 Å². The summed E-state index contributed by atoms with van der Waals surface area (Å²) >= 11 is 6.09. The molecule has 0 fully saturated rings. The second kappa shape index (κ2) is 9.41. The predicted molar refractivity (Wildman–Crippen MR) is 90.4 cm³/mol. The summed E-state index contributed by atoms with van der Waals surface area (Å²) < 4.78 is 0. The highest BCUT2D eigenvalue weighted by Crippen LogP contribution is 2.21. The third-order valence-corrected chi connectivity index (χ3v) is 4.07. The van der Waals surface area contributed by atoms with Crippen molar-refractivity contribution < 1.29 is 0 Å². The Morgan fingerprint density at radius 2 is 1.90 bits per heavy atom. The Hall–Kier alpha value is -0.530. The molecular formula is C18H30ClN. The highest BCUT2D eigenvalue weighted by atomic mass is 35.5. The summed E-state index contributed by atoms with van der Waals surface area (Å²) in [4.78, 5) is 0. The van der Waals surface area contributed by atoms with E-state index in [0.717, 1.165) is 30.5 Å². The molecule has 0 radical (unpaired) electrons. The van der Waals surface area contributed by atoms with Crippen molar-refractivity contribution >= 4 is 11.6 Å². The monoisotopic (exact) mass is 295 g/mol. The first-order chi connectivity index (χ1) is 9.51. The molecule has 2 heteroatoms. The van der Waals surface area contributed by atoms with Crippen LogP contribution in [-0.4, -0.2) is 13.1 Å². The molecule has 0 bridgehead atoms. The van der Waals surface area contributed by atoms with Crippen molar-refractivity contribution in [2.75, 3.05) is 13.1 Å². The molecule has 0 aliphatic rings. The maximum Gasteiger partial charge on any atom is 0.0408 e. The molecular weight excluding hydrogens is 266 g/mol. The van der Waals surface area contributed by atoms with E-state index in [1.165, 1.54) is 18.4 Å². The number of hydrogen-bond acceptors (Lipinski definition) is 1. The second-order valence-electron chi connectivity index (χ2n) is 6.50. The molecule has 1 aromatic rings. The van der Waals surface area contributed by atoms with Crippen LogP contribution >= 0.6 is 11.6 Å². The fourth-order valence-electron chi connectivity index (χ4n) is 2.55. The van der Waals surface area contributed by atoms with Crippen LogP contribution in [0.5, 0.6) is 0 Å². The minimum Gasteiger partial charge on any atom is -0.316 e. The Kier molecular flexibility index (Phi) is 8.25. The van der Waals surface area contributed by atoms with Gasteiger partial charge in [0.25, 0.3) is 0 Å². The Morgan fingerprint density at radius 3 is 2.50 bits per heavy atom. The van der Waals surface area contributed by atoms with Crippen molar-refractivity contribution in [1.82, 2.24) is 5.32 Å². The van der Waals surface area contributed by atoms with Crippen LogP contribution in [-0.2, 0) is 6.42 Å². The maximum atomic E-state index is 6.09. The SMILES string of the molecule is CCC(C)CC(CNCC(C)C)Cc1cccc(Cl)c1. The van der Waals surface area contributed by atoms with E-state index in [0.29, 0.717) is 11.8 Å². The molecule has 0 spiro atoms. The lowest BCUT2D eigenvalue weighted by molar-refractivity contribution is 0.356. The van der Waals surface area contributed by atoms with Crippen molar-refractivity contribution in [3.63, 3.8) is 0 Å². The molecule has 1 aromatic carbocycles. The molecule has 20 heavy (non-hydrogen) atoms. The molecule has 0 amide bonds. The summed E-state index contributed by atoms with van der Waals surface area (Å²) in [6.45, 7) is 11.4. The molecule has 1 rings (SSSR count). The topological polar surface area (TPSA) is 12.0 Å². The summed E-state index contributed by atoms with van der Waals surface area (Å²) in [5, 5.41) is 4.46. The normalized spacial score (nSPS) is 14.5. The zero-order chi connectivity index (χ0) is 15.0. The van der Waals surface area contributed by atoms with Gasteiger partial charge in [-0.1, -0.05) is 57.8 Å². The standard InChI is InChI=1S/C18H30ClN/c1-5-15(4)9-17(13-20-12-14(2)3)10-16-7-6-8-18(19)11-16/h6-8,11,14-15,17,20H,5,9-10,12-13H2,1-4H3. The van der Waals surface area contributed by atoms with Crippen molar-refractivity contribution in [2.45, 2.75) is 47.0 Å². The van der Waals surface area contributed by atoms with Crippen LogP contribution in [0.15, 0.2) is 24.3 Å². The van der Waals surface area contributed by atoms with E-state index in [4.69, 9.17) is 11.6 Å². The van der Waals surface area contributed by atoms with Crippen LogP contribution < -0.4 is 5.32 Å². The average molecular weight is 296 g/mol. The molecule has 0 heterocycles. The van der Waals surface area contributed by atoms with Crippen LogP contribution in [0.3, 0.4) is 0 Å². The number of nitrogens with one attached hydrogen (secondary N) is 1. The molecule has 0 aliphatic carbocycles. The predicted octanol–water partition coefficient (Wildman–Crippen LogP) is 5.18. The lowest BCUT2D eigenvalue weighted by atomic mass is 9.89. The van der Waals surface area contributed by atoms with Gasteiger partial charge in [-0.25, -0.2) is 0 Å². The van der Waals surface area contributed by atoms with E-state index < -0.39 is 0 Å². The summed E-state index contributed by atoms with van der Waals surface area (Å²) in [7, 11) is 0. The summed E-state index contributed by atoms with van der Waals surface area (Å²) in [5.41, 5.74) is 1.36. The Balaban J connectivity index is 2.56. The lowest BCUT2D eigenvalue weighted by Gasteiger charge is -2.22. The van der Waals surface area contributed by atoms with Crippen LogP contribution in [0, 0.1) is 17.8 Å². The quantitative estimate of drug-likeness (QED) is 0.662. The number of halogens is 1. The lowest BCUT2D eigenvalue weighted by Crippen LogP contribution is -2.28. The molecule has 1 nitrogen and oxygen atoms in total. The molecule has 114 valence electrons. The summed E-state index contributed by atoms with van der Waals surface area (Å²) in [6.07, 6.45) is 3.67. The van der Waals surface area contributed by atoms with Gasteiger partial charge in [0.1, 0.15) is 0 Å². The van der Waals surface area contributed by atoms with Gasteiger partial charge in [-0.2, -0.15) is 0 Å². The fourth-order valence-corrected chi connectivity index (χ4v) is 2.76. The first-order valence-electron chi connectivity index (χ1n) is 7.96. The van der Waals surface area contributed by atoms with Gasteiger partial charge >= 0.3 is 0 Å². The highest BCUT2D eigenvalue weighted by molar-refractivity contribution is 6.30. The van der Waals surface area contributed by atoms with Crippen LogP contribution in [0.4, 0.5) is 0 Å². The van der Waals surface area contributed by atoms with Crippen LogP contribution in [0.25, 0.3) is 0 Å². The van der Waals surface area contributed by atoms with Crippen molar-refractivity contribution in [2.24, 2.45) is 17.8 Å². The van der Waals surface area contributed by atoms with Crippen molar-refractivity contribution in [1.29, 1.82) is 0 Å². The van der Waals surface area contributed by atoms with E-state index in [1.807, 2.05) is 6.07 Å². The first-order valence-corrected chi connectivity index (χ1v) is 8.34. The van der Waals surface area contributed by atoms with E-state index >= 15 is 0 Å². The number of hydrogen-bond donors (Lipinski definition) is 1. The van der Waals surface area contributed by atoms with Gasteiger partial charge in [-0.15, -0.1) is 0 Å². The molecule has 0 saturated carbocycles. The van der Waals surface area contributed by atoms with Gasteiger partial charge in [0, 0.05) is 5.02 Å². The van der Waals surface area contributed by atoms with E-state index in [2.05, 4.69) is 51.2 Å². The second-order valence-corrected chi connectivity index (χ2v) is 6.94. The van der Waals surface area contributed by atoms with E-state index in [9.17, 15) is 0 Å².